The van der Waals surface area contributed by atoms with Crippen LogP contribution in [0, 0.1) is 0 Å². The van der Waals surface area contributed by atoms with Crippen molar-refractivity contribution in [3.63, 3.8) is 0 Å². The molecule has 1 aliphatic rings. The predicted molar refractivity (Wildman–Crippen MR) is 115 cm³/mol. The van der Waals surface area contributed by atoms with E-state index in [1.54, 1.807) is 70.1 Å². The van der Waals surface area contributed by atoms with Crippen LogP contribution in [0.15, 0.2) is 54.5 Å². The van der Waals surface area contributed by atoms with Crippen molar-refractivity contribution in [2.45, 2.75) is 6.54 Å². The van der Waals surface area contributed by atoms with Crippen LogP contribution >= 0.6 is 0 Å². The molecule has 1 aromatic carbocycles. The lowest BCUT2D eigenvalue weighted by Gasteiger charge is -2.25. The SMILES string of the molecule is COCCN(CCOC)C1=C(c2ccc(OC)cc2)C(=O)N(Cc2ccncc2)C1=O. The molecule has 0 radical (unpaired) electrons. The van der Waals surface area contributed by atoms with Gasteiger partial charge in [0.05, 0.1) is 32.4 Å². The number of ether oxygens (including phenoxy) is 3. The second-order valence-electron chi connectivity index (χ2n) is 6.98. The lowest BCUT2D eigenvalue weighted by molar-refractivity contribution is -0.138. The minimum absolute atomic E-state index is 0.172. The molecular formula is C23H27N3O5. The number of nitrogens with zero attached hydrogens (tertiary/aromatic N) is 3. The van der Waals surface area contributed by atoms with Gasteiger partial charge >= 0.3 is 0 Å². The smallest absolute Gasteiger partial charge is 0.278 e. The molecular weight excluding hydrogens is 398 g/mol. The number of methoxy groups -OCH3 is 3. The molecule has 8 nitrogen and oxygen atoms in total. The standard InChI is InChI=1S/C23H27N3O5/c1-29-14-12-25(13-15-30-2)21-20(18-4-6-19(31-3)7-5-18)22(27)26(23(21)28)16-17-8-10-24-11-9-17/h4-11H,12-16H2,1-3H3. The van der Waals surface area contributed by atoms with Crippen LogP contribution in [0.1, 0.15) is 11.1 Å². The largest absolute Gasteiger partial charge is 0.497 e. The molecule has 2 aromatic rings. The van der Waals surface area contributed by atoms with Gasteiger partial charge in [0, 0.05) is 39.7 Å². The summed E-state index contributed by atoms with van der Waals surface area (Å²) in [5.74, 6) is 0.00795. The van der Waals surface area contributed by atoms with Crippen LogP contribution in [0.25, 0.3) is 5.57 Å². The molecule has 0 spiro atoms. The topological polar surface area (TPSA) is 81.2 Å². The third-order valence-electron chi connectivity index (χ3n) is 5.06. The third-order valence-corrected chi connectivity index (χ3v) is 5.06. The molecule has 2 amide bonds. The Hall–Kier alpha value is -3.23. The number of rotatable bonds is 11. The Kier molecular flexibility index (Phi) is 7.75. The third kappa shape index (κ3) is 5.10. The quantitative estimate of drug-likeness (QED) is 0.509. The highest BCUT2D eigenvalue weighted by molar-refractivity contribution is 6.35. The van der Waals surface area contributed by atoms with Gasteiger partial charge in [-0.25, -0.2) is 0 Å². The molecule has 0 saturated heterocycles. The van der Waals surface area contributed by atoms with E-state index in [1.165, 1.54) is 4.90 Å². The van der Waals surface area contributed by atoms with Crippen molar-refractivity contribution in [1.29, 1.82) is 0 Å². The average molecular weight is 425 g/mol. The van der Waals surface area contributed by atoms with E-state index in [-0.39, 0.29) is 18.4 Å². The van der Waals surface area contributed by atoms with Gasteiger partial charge in [-0.3, -0.25) is 19.5 Å². The lowest BCUT2D eigenvalue weighted by atomic mass is 10.0. The number of aromatic nitrogens is 1. The van der Waals surface area contributed by atoms with Crippen LogP contribution < -0.4 is 4.74 Å². The van der Waals surface area contributed by atoms with Gasteiger partial charge in [-0.2, -0.15) is 0 Å². The maximum absolute atomic E-state index is 13.5. The fourth-order valence-corrected chi connectivity index (χ4v) is 3.43. The van der Waals surface area contributed by atoms with Crippen molar-refractivity contribution in [3.05, 3.63) is 65.6 Å². The van der Waals surface area contributed by atoms with Crippen molar-refractivity contribution >= 4 is 17.4 Å². The maximum Gasteiger partial charge on any atom is 0.278 e. The van der Waals surface area contributed by atoms with Crippen molar-refractivity contribution in [3.8, 4) is 5.75 Å². The van der Waals surface area contributed by atoms with Crippen LogP contribution in [-0.4, -0.2) is 74.2 Å². The van der Waals surface area contributed by atoms with Gasteiger partial charge in [-0.15, -0.1) is 0 Å². The van der Waals surface area contributed by atoms with Gasteiger partial charge in [-0.05, 0) is 35.4 Å². The normalized spacial score (nSPS) is 13.8. The molecule has 0 N–H and O–H groups in total. The Morgan fingerprint density at radius 2 is 1.48 bits per heavy atom. The van der Waals surface area contributed by atoms with E-state index in [1.807, 2.05) is 4.90 Å². The minimum Gasteiger partial charge on any atom is -0.497 e. The van der Waals surface area contributed by atoms with Crippen LogP contribution in [0.3, 0.4) is 0 Å². The summed E-state index contributed by atoms with van der Waals surface area (Å²) in [7, 11) is 4.78. The summed E-state index contributed by atoms with van der Waals surface area (Å²) in [4.78, 5) is 34.1. The molecule has 2 heterocycles. The summed E-state index contributed by atoms with van der Waals surface area (Å²) in [6.45, 7) is 1.91. The highest BCUT2D eigenvalue weighted by atomic mass is 16.5. The molecule has 0 atom stereocenters. The Morgan fingerprint density at radius 3 is 2.03 bits per heavy atom. The zero-order valence-corrected chi connectivity index (χ0v) is 18.0. The van der Waals surface area contributed by atoms with E-state index in [9.17, 15) is 9.59 Å². The minimum atomic E-state index is -0.333. The van der Waals surface area contributed by atoms with Gasteiger partial charge in [0.2, 0.25) is 0 Å². The van der Waals surface area contributed by atoms with Crippen LogP contribution in [-0.2, 0) is 25.6 Å². The summed E-state index contributed by atoms with van der Waals surface area (Å²) in [6.07, 6.45) is 3.28. The molecule has 1 aromatic heterocycles. The molecule has 0 saturated carbocycles. The first kappa shape index (κ1) is 22.5. The van der Waals surface area contributed by atoms with Crippen LogP contribution in [0.2, 0.25) is 0 Å². The summed E-state index contributed by atoms with van der Waals surface area (Å²) in [6, 6.07) is 10.7. The van der Waals surface area contributed by atoms with E-state index in [2.05, 4.69) is 4.98 Å². The molecule has 0 fully saturated rings. The van der Waals surface area contributed by atoms with Crippen LogP contribution in [0.5, 0.6) is 5.75 Å². The number of carbonyl (C=O) groups excluding carboxylic acids is 2. The molecule has 31 heavy (non-hydrogen) atoms. The number of hydrogen-bond donors (Lipinski definition) is 0. The van der Waals surface area contributed by atoms with Crippen LogP contribution in [0.4, 0.5) is 0 Å². The predicted octanol–water partition coefficient (Wildman–Crippen LogP) is 1.97. The van der Waals surface area contributed by atoms with E-state index in [0.717, 1.165) is 5.56 Å². The molecule has 0 aliphatic carbocycles. The van der Waals surface area contributed by atoms with Gasteiger partial charge in [0.1, 0.15) is 11.4 Å². The van der Waals surface area contributed by atoms with Crippen molar-refractivity contribution in [2.24, 2.45) is 0 Å². The van der Waals surface area contributed by atoms with Crippen molar-refractivity contribution in [2.75, 3.05) is 47.6 Å². The molecule has 8 heteroatoms. The van der Waals surface area contributed by atoms with E-state index >= 15 is 0 Å². The molecule has 3 rings (SSSR count). The van der Waals surface area contributed by atoms with Gasteiger partial charge in [0.15, 0.2) is 0 Å². The Labute approximate surface area is 182 Å². The van der Waals surface area contributed by atoms with Crippen molar-refractivity contribution in [1.82, 2.24) is 14.8 Å². The second-order valence-corrected chi connectivity index (χ2v) is 6.98. The zero-order valence-electron chi connectivity index (χ0n) is 18.0. The molecule has 1 aliphatic heterocycles. The number of benzene rings is 1. The highest BCUT2D eigenvalue weighted by Crippen LogP contribution is 2.33. The highest BCUT2D eigenvalue weighted by Gasteiger charge is 2.41. The van der Waals surface area contributed by atoms with Gasteiger partial charge in [0.25, 0.3) is 11.8 Å². The first-order chi connectivity index (χ1) is 15.1. The number of imide groups is 1. The summed E-state index contributed by atoms with van der Waals surface area (Å²) >= 11 is 0. The summed E-state index contributed by atoms with van der Waals surface area (Å²) in [5, 5.41) is 0. The number of pyridine rings is 1. The Morgan fingerprint density at radius 1 is 0.871 bits per heavy atom. The van der Waals surface area contributed by atoms with Gasteiger partial charge in [-0.1, -0.05) is 12.1 Å². The average Bonchev–Trinajstić information content (AvgIpc) is 3.05. The molecule has 164 valence electrons. The zero-order chi connectivity index (χ0) is 22.2. The Balaban J connectivity index is 2.03. The number of amides is 2. The fraction of sp³-hybridized carbons (Fsp3) is 0.348. The van der Waals surface area contributed by atoms with E-state index in [4.69, 9.17) is 14.2 Å². The van der Waals surface area contributed by atoms with Crippen molar-refractivity contribution < 1.29 is 23.8 Å². The number of hydrogen-bond acceptors (Lipinski definition) is 7. The monoisotopic (exact) mass is 425 g/mol. The molecule has 0 bridgehead atoms. The van der Waals surface area contributed by atoms with E-state index in [0.29, 0.717) is 48.9 Å². The maximum atomic E-state index is 13.5. The number of carbonyl (C=O) groups is 2. The first-order valence-electron chi connectivity index (χ1n) is 9.97. The second kappa shape index (κ2) is 10.7. The van der Waals surface area contributed by atoms with E-state index < -0.39 is 0 Å². The Bertz CT molecular complexity index is 920. The first-order valence-corrected chi connectivity index (χ1v) is 9.97. The summed E-state index contributed by atoms with van der Waals surface area (Å²) < 4.78 is 15.7. The summed E-state index contributed by atoms with van der Waals surface area (Å²) in [5.41, 5.74) is 2.21. The lowest BCUT2D eigenvalue weighted by Crippen LogP contribution is -2.37. The fourth-order valence-electron chi connectivity index (χ4n) is 3.43. The van der Waals surface area contributed by atoms with Gasteiger partial charge < -0.3 is 19.1 Å². The molecule has 0 unspecified atom stereocenters.